The number of rotatable bonds is 2. The highest BCUT2D eigenvalue weighted by Gasteiger charge is 2.01. The van der Waals surface area contributed by atoms with Gasteiger partial charge in [-0.25, -0.2) is 4.98 Å². The predicted octanol–water partition coefficient (Wildman–Crippen LogP) is 2.78. The topological polar surface area (TPSA) is 26.0 Å². The van der Waals surface area contributed by atoms with Crippen LogP contribution in [-0.2, 0) is 6.42 Å². The normalized spacial score (nSPS) is 10.8. The number of hydrogen-bond acceptors (Lipinski definition) is 2. The van der Waals surface area contributed by atoms with Crippen LogP contribution in [0.4, 0.5) is 0 Å². The number of nitrogens with zero attached hydrogens (tertiary/aromatic N) is 1. The molecule has 0 N–H and O–H groups in total. The van der Waals surface area contributed by atoms with Gasteiger partial charge in [0.05, 0.1) is 0 Å². The van der Waals surface area contributed by atoms with E-state index in [0.717, 1.165) is 29.8 Å². The van der Waals surface area contributed by atoms with Gasteiger partial charge in [-0.15, -0.1) is 0 Å². The number of benzene rings is 1. The van der Waals surface area contributed by atoms with Gasteiger partial charge in [-0.05, 0) is 18.6 Å². The van der Waals surface area contributed by atoms with Crippen molar-refractivity contribution in [1.82, 2.24) is 4.98 Å². The second-order valence-corrected chi connectivity index (χ2v) is 2.83. The van der Waals surface area contributed by atoms with Crippen LogP contribution in [0.3, 0.4) is 0 Å². The summed E-state index contributed by atoms with van der Waals surface area (Å²) < 4.78 is 5.50. The Balaban J connectivity index is 2.47. The average molecular weight is 161 g/mol. The zero-order chi connectivity index (χ0) is 8.39. The van der Waals surface area contributed by atoms with Gasteiger partial charge in [0, 0.05) is 6.42 Å². The minimum absolute atomic E-state index is 0.846. The average Bonchev–Trinajstić information content (AvgIpc) is 2.47. The van der Waals surface area contributed by atoms with Crippen molar-refractivity contribution in [1.29, 1.82) is 0 Å². The third kappa shape index (κ3) is 1.20. The van der Waals surface area contributed by atoms with E-state index in [-0.39, 0.29) is 0 Å². The van der Waals surface area contributed by atoms with E-state index in [9.17, 15) is 0 Å². The molecule has 0 saturated heterocycles. The van der Waals surface area contributed by atoms with Gasteiger partial charge < -0.3 is 4.42 Å². The highest BCUT2D eigenvalue weighted by molar-refractivity contribution is 5.72. The zero-order valence-corrected chi connectivity index (χ0v) is 7.08. The van der Waals surface area contributed by atoms with E-state index < -0.39 is 0 Å². The molecule has 1 heterocycles. The van der Waals surface area contributed by atoms with Gasteiger partial charge in [0.1, 0.15) is 5.52 Å². The molecule has 2 rings (SSSR count). The molecule has 0 amide bonds. The number of para-hydroxylation sites is 2. The standard InChI is InChI=1S/C10H11NO/c1-2-5-10-11-8-6-3-4-7-9(8)12-10/h3-4,6-7H,2,5H2,1H3. The quantitative estimate of drug-likeness (QED) is 0.676. The zero-order valence-electron chi connectivity index (χ0n) is 7.08. The van der Waals surface area contributed by atoms with E-state index in [1.807, 2.05) is 24.3 Å². The lowest BCUT2D eigenvalue weighted by molar-refractivity contribution is 0.525. The molecule has 0 aliphatic carbocycles. The van der Waals surface area contributed by atoms with Gasteiger partial charge in [-0.1, -0.05) is 19.1 Å². The van der Waals surface area contributed by atoms with Crippen LogP contribution in [0.2, 0.25) is 0 Å². The SMILES string of the molecule is CCCc1nc2ccccc2o1. The summed E-state index contributed by atoms with van der Waals surface area (Å²) in [4.78, 5) is 4.34. The summed E-state index contributed by atoms with van der Waals surface area (Å²) in [5.74, 6) is 0.846. The summed E-state index contributed by atoms with van der Waals surface area (Å²) in [7, 11) is 0. The number of oxazole rings is 1. The van der Waals surface area contributed by atoms with Crippen molar-refractivity contribution in [2.75, 3.05) is 0 Å². The van der Waals surface area contributed by atoms with Gasteiger partial charge >= 0.3 is 0 Å². The van der Waals surface area contributed by atoms with Crippen molar-refractivity contribution in [3.63, 3.8) is 0 Å². The summed E-state index contributed by atoms with van der Waals surface area (Å²) >= 11 is 0. The van der Waals surface area contributed by atoms with E-state index in [1.54, 1.807) is 0 Å². The van der Waals surface area contributed by atoms with Crippen molar-refractivity contribution < 1.29 is 4.42 Å². The summed E-state index contributed by atoms with van der Waals surface area (Å²) in [5.41, 5.74) is 1.85. The first kappa shape index (κ1) is 7.35. The van der Waals surface area contributed by atoms with Crippen LogP contribution in [-0.4, -0.2) is 4.98 Å². The second kappa shape index (κ2) is 2.97. The van der Waals surface area contributed by atoms with Gasteiger partial charge in [-0.2, -0.15) is 0 Å². The lowest BCUT2D eigenvalue weighted by Crippen LogP contribution is -1.79. The Morgan fingerprint density at radius 3 is 2.92 bits per heavy atom. The monoisotopic (exact) mass is 161 g/mol. The Morgan fingerprint density at radius 1 is 1.33 bits per heavy atom. The fourth-order valence-corrected chi connectivity index (χ4v) is 1.24. The summed E-state index contributed by atoms with van der Waals surface area (Å²) in [6, 6.07) is 7.85. The Labute approximate surface area is 71.2 Å². The molecular formula is C10H11NO. The van der Waals surface area contributed by atoms with Crippen LogP contribution < -0.4 is 0 Å². The maximum Gasteiger partial charge on any atom is 0.195 e. The largest absolute Gasteiger partial charge is 0.441 e. The Bertz CT molecular complexity index is 345. The number of hydrogen-bond donors (Lipinski definition) is 0. The molecule has 12 heavy (non-hydrogen) atoms. The summed E-state index contributed by atoms with van der Waals surface area (Å²) in [6.45, 7) is 2.12. The van der Waals surface area contributed by atoms with E-state index in [4.69, 9.17) is 4.42 Å². The molecule has 0 fully saturated rings. The molecule has 0 radical (unpaired) electrons. The second-order valence-electron chi connectivity index (χ2n) is 2.83. The Hall–Kier alpha value is -1.31. The molecule has 0 saturated carbocycles. The van der Waals surface area contributed by atoms with Gasteiger partial charge in [0.25, 0.3) is 0 Å². The molecule has 0 bridgehead atoms. The molecule has 0 spiro atoms. The fraction of sp³-hybridized carbons (Fsp3) is 0.300. The van der Waals surface area contributed by atoms with Crippen molar-refractivity contribution >= 4 is 11.1 Å². The smallest absolute Gasteiger partial charge is 0.195 e. The molecule has 0 atom stereocenters. The molecule has 62 valence electrons. The molecule has 0 aliphatic heterocycles. The van der Waals surface area contributed by atoms with Crippen molar-refractivity contribution in [3.05, 3.63) is 30.2 Å². The first-order valence-corrected chi connectivity index (χ1v) is 4.24. The van der Waals surface area contributed by atoms with Crippen LogP contribution in [0, 0.1) is 0 Å². The maximum atomic E-state index is 5.50. The third-order valence-electron chi connectivity index (χ3n) is 1.80. The lowest BCUT2D eigenvalue weighted by Gasteiger charge is -1.85. The van der Waals surface area contributed by atoms with Crippen molar-refractivity contribution in [3.8, 4) is 0 Å². The van der Waals surface area contributed by atoms with Gasteiger partial charge in [0.2, 0.25) is 0 Å². The van der Waals surface area contributed by atoms with E-state index in [1.165, 1.54) is 0 Å². The minimum Gasteiger partial charge on any atom is -0.441 e. The van der Waals surface area contributed by atoms with E-state index in [0.29, 0.717) is 0 Å². The number of aryl methyl sites for hydroxylation is 1. The van der Waals surface area contributed by atoms with Crippen LogP contribution in [0.15, 0.2) is 28.7 Å². The number of aromatic nitrogens is 1. The van der Waals surface area contributed by atoms with Gasteiger partial charge in [-0.3, -0.25) is 0 Å². The molecule has 1 aromatic carbocycles. The fourth-order valence-electron chi connectivity index (χ4n) is 1.24. The van der Waals surface area contributed by atoms with Crippen LogP contribution in [0.25, 0.3) is 11.1 Å². The molecule has 2 heteroatoms. The summed E-state index contributed by atoms with van der Waals surface area (Å²) in [5, 5.41) is 0. The van der Waals surface area contributed by atoms with Crippen LogP contribution in [0.1, 0.15) is 19.2 Å². The van der Waals surface area contributed by atoms with Crippen LogP contribution >= 0.6 is 0 Å². The molecule has 0 aliphatic rings. The molecular weight excluding hydrogens is 150 g/mol. The molecule has 2 nitrogen and oxygen atoms in total. The third-order valence-corrected chi connectivity index (χ3v) is 1.80. The predicted molar refractivity (Wildman–Crippen MR) is 48.0 cm³/mol. The minimum atomic E-state index is 0.846. The van der Waals surface area contributed by atoms with Crippen molar-refractivity contribution in [2.45, 2.75) is 19.8 Å². The Morgan fingerprint density at radius 2 is 2.17 bits per heavy atom. The van der Waals surface area contributed by atoms with Crippen molar-refractivity contribution in [2.24, 2.45) is 0 Å². The Kier molecular flexibility index (Phi) is 1.82. The molecule has 0 unspecified atom stereocenters. The molecule has 2 aromatic rings. The highest BCUT2D eigenvalue weighted by Crippen LogP contribution is 2.15. The summed E-state index contributed by atoms with van der Waals surface area (Å²) in [6.07, 6.45) is 2.00. The number of fused-ring (bicyclic) bond motifs is 1. The van der Waals surface area contributed by atoms with E-state index in [2.05, 4.69) is 11.9 Å². The first-order chi connectivity index (χ1) is 5.90. The van der Waals surface area contributed by atoms with Gasteiger partial charge in [0.15, 0.2) is 11.5 Å². The highest BCUT2D eigenvalue weighted by atomic mass is 16.3. The lowest BCUT2D eigenvalue weighted by atomic mass is 10.3. The maximum absolute atomic E-state index is 5.50. The van der Waals surface area contributed by atoms with E-state index >= 15 is 0 Å². The molecule has 1 aromatic heterocycles. The first-order valence-electron chi connectivity index (χ1n) is 4.24. The van der Waals surface area contributed by atoms with Crippen LogP contribution in [0.5, 0.6) is 0 Å².